The Balaban J connectivity index is 2.79. The molecule has 82 valence electrons. The zero-order valence-electron chi connectivity index (χ0n) is 8.47. The van der Waals surface area contributed by atoms with E-state index in [9.17, 15) is 14.7 Å². The lowest BCUT2D eigenvalue weighted by Gasteiger charge is -1.99. The number of hydrogen-bond donors (Lipinski definition) is 2. The van der Waals surface area contributed by atoms with Crippen molar-refractivity contribution in [3.63, 3.8) is 0 Å². The lowest BCUT2D eigenvalue weighted by Crippen LogP contribution is -2.04. The zero-order valence-corrected chi connectivity index (χ0v) is 8.47. The second kappa shape index (κ2) is 3.37. The molecule has 1 aromatic carbocycles. The van der Waals surface area contributed by atoms with Gasteiger partial charge in [-0.3, -0.25) is 9.36 Å². The van der Waals surface area contributed by atoms with Crippen molar-refractivity contribution >= 4 is 22.8 Å². The minimum absolute atomic E-state index is 0.0397. The molecule has 0 fully saturated rings. The van der Waals surface area contributed by atoms with Gasteiger partial charge in [0, 0.05) is 12.3 Å². The number of aromatic hydroxyl groups is 1. The summed E-state index contributed by atoms with van der Waals surface area (Å²) in [6, 6.07) is 4.22. The van der Waals surface area contributed by atoms with E-state index in [4.69, 9.17) is 5.11 Å². The molecule has 0 atom stereocenters. The fourth-order valence-corrected chi connectivity index (χ4v) is 1.60. The van der Waals surface area contributed by atoms with E-state index in [1.807, 2.05) is 0 Å². The van der Waals surface area contributed by atoms with E-state index in [-0.39, 0.29) is 17.2 Å². The zero-order chi connectivity index (χ0) is 11.9. The minimum atomic E-state index is -1.07. The Labute approximate surface area is 90.5 Å². The van der Waals surface area contributed by atoms with Crippen LogP contribution in [-0.4, -0.2) is 26.7 Å². The molecule has 1 aromatic heterocycles. The maximum Gasteiger partial charge on any atom is 0.335 e. The lowest BCUT2D eigenvalue weighted by atomic mass is 10.1. The number of rotatable bonds is 1. The van der Waals surface area contributed by atoms with Crippen molar-refractivity contribution in [1.82, 2.24) is 4.57 Å². The molecule has 0 aliphatic heterocycles. The first-order chi connectivity index (χ1) is 7.50. The fraction of sp³-hybridized carbons (Fsp3) is 0.0909. The van der Waals surface area contributed by atoms with Gasteiger partial charge in [0.2, 0.25) is 5.91 Å². The van der Waals surface area contributed by atoms with Gasteiger partial charge in [0.15, 0.2) is 0 Å². The van der Waals surface area contributed by atoms with Crippen LogP contribution in [0.2, 0.25) is 0 Å². The van der Waals surface area contributed by atoms with Gasteiger partial charge in [0.25, 0.3) is 0 Å². The third kappa shape index (κ3) is 1.42. The number of carboxylic acid groups (broad SMARTS) is 1. The molecule has 0 spiro atoms. The predicted octanol–water partition coefficient (Wildman–Crippen LogP) is 1.71. The Kier molecular flexibility index (Phi) is 2.16. The van der Waals surface area contributed by atoms with Crippen LogP contribution in [0.3, 0.4) is 0 Å². The smallest absolute Gasteiger partial charge is 0.335 e. The van der Waals surface area contributed by atoms with Crippen LogP contribution < -0.4 is 0 Å². The third-order valence-electron chi connectivity index (χ3n) is 2.37. The first-order valence-electron chi connectivity index (χ1n) is 4.59. The summed E-state index contributed by atoms with van der Waals surface area (Å²) in [7, 11) is 0. The van der Waals surface area contributed by atoms with Crippen molar-refractivity contribution in [2.24, 2.45) is 0 Å². The van der Waals surface area contributed by atoms with E-state index in [0.29, 0.717) is 10.9 Å². The molecule has 2 rings (SSSR count). The molecule has 0 bridgehead atoms. The highest BCUT2D eigenvalue weighted by atomic mass is 16.4. The quantitative estimate of drug-likeness (QED) is 0.765. The van der Waals surface area contributed by atoms with Crippen molar-refractivity contribution in [3.05, 3.63) is 30.0 Å². The van der Waals surface area contributed by atoms with E-state index in [1.54, 1.807) is 0 Å². The lowest BCUT2D eigenvalue weighted by molar-refractivity contribution is 0.0696. The van der Waals surface area contributed by atoms with Gasteiger partial charge < -0.3 is 10.2 Å². The van der Waals surface area contributed by atoms with Gasteiger partial charge >= 0.3 is 5.97 Å². The van der Waals surface area contributed by atoms with E-state index in [1.165, 1.54) is 35.9 Å². The molecule has 0 aliphatic carbocycles. The van der Waals surface area contributed by atoms with Crippen LogP contribution in [0, 0.1) is 0 Å². The van der Waals surface area contributed by atoms with Crippen LogP contribution in [0.1, 0.15) is 22.1 Å². The van der Waals surface area contributed by atoms with E-state index in [0.717, 1.165) is 0 Å². The molecule has 5 nitrogen and oxygen atoms in total. The van der Waals surface area contributed by atoms with Crippen LogP contribution >= 0.6 is 0 Å². The Morgan fingerprint density at radius 1 is 1.31 bits per heavy atom. The molecule has 0 unspecified atom stereocenters. The number of aromatic nitrogens is 1. The van der Waals surface area contributed by atoms with Crippen LogP contribution in [0.15, 0.2) is 24.4 Å². The van der Waals surface area contributed by atoms with E-state index < -0.39 is 5.97 Å². The largest absolute Gasteiger partial charge is 0.506 e. The molecule has 2 aromatic rings. The highest BCUT2D eigenvalue weighted by Gasteiger charge is 2.12. The van der Waals surface area contributed by atoms with Crippen molar-refractivity contribution in [1.29, 1.82) is 0 Å². The molecule has 16 heavy (non-hydrogen) atoms. The molecule has 0 aliphatic rings. The van der Waals surface area contributed by atoms with Gasteiger partial charge in [-0.15, -0.1) is 0 Å². The van der Waals surface area contributed by atoms with Gasteiger partial charge in [0.1, 0.15) is 5.75 Å². The summed E-state index contributed by atoms with van der Waals surface area (Å²) in [6.45, 7) is 1.34. The van der Waals surface area contributed by atoms with Crippen LogP contribution in [0.25, 0.3) is 10.9 Å². The molecular formula is C11H9NO4. The normalized spacial score (nSPS) is 10.6. The average molecular weight is 219 g/mol. The number of carbonyl (C=O) groups excluding carboxylic acids is 1. The summed E-state index contributed by atoms with van der Waals surface area (Å²) in [6.07, 6.45) is 1.28. The van der Waals surface area contributed by atoms with Crippen LogP contribution in [0.4, 0.5) is 0 Å². The second-order valence-electron chi connectivity index (χ2n) is 3.44. The number of aromatic carboxylic acids is 1. The monoisotopic (exact) mass is 219 g/mol. The van der Waals surface area contributed by atoms with Crippen molar-refractivity contribution < 1.29 is 19.8 Å². The Hall–Kier alpha value is -2.30. The van der Waals surface area contributed by atoms with Crippen LogP contribution in [0.5, 0.6) is 5.75 Å². The van der Waals surface area contributed by atoms with Gasteiger partial charge in [-0.1, -0.05) is 0 Å². The fourth-order valence-electron chi connectivity index (χ4n) is 1.60. The van der Waals surface area contributed by atoms with Gasteiger partial charge in [0.05, 0.1) is 17.3 Å². The maximum absolute atomic E-state index is 11.3. The third-order valence-corrected chi connectivity index (χ3v) is 2.37. The van der Waals surface area contributed by atoms with Crippen molar-refractivity contribution in [3.8, 4) is 5.75 Å². The first kappa shape index (κ1) is 10.2. The maximum atomic E-state index is 11.3. The first-order valence-corrected chi connectivity index (χ1v) is 4.59. The average Bonchev–Trinajstić information content (AvgIpc) is 2.56. The number of benzene rings is 1. The molecule has 0 saturated carbocycles. The number of fused-ring (bicyclic) bond motifs is 1. The number of hydrogen-bond acceptors (Lipinski definition) is 3. The molecule has 5 heteroatoms. The topological polar surface area (TPSA) is 79.5 Å². The molecule has 2 N–H and O–H groups in total. The number of nitrogens with zero attached hydrogens (tertiary/aromatic N) is 1. The standard InChI is InChI=1S/C11H9NO4/c1-6(13)12-5-10(14)8-3-2-7(11(15)16)4-9(8)12/h2-5,14H,1H3,(H,15,16). The minimum Gasteiger partial charge on any atom is -0.506 e. The summed E-state index contributed by atoms with van der Waals surface area (Å²) < 4.78 is 1.22. The molecule has 1 heterocycles. The highest BCUT2D eigenvalue weighted by Crippen LogP contribution is 2.27. The molecule has 0 amide bonds. The van der Waals surface area contributed by atoms with E-state index >= 15 is 0 Å². The van der Waals surface area contributed by atoms with Gasteiger partial charge in [-0.05, 0) is 18.2 Å². The molecular weight excluding hydrogens is 210 g/mol. The summed E-state index contributed by atoms with van der Waals surface area (Å²) in [5.41, 5.74) is 0.470. The van der Waals surface area contributed by atoms with Crippen LogP contribution in [-0.2, 0) is 0 Å². The second-order valence-corrected chi connectivity index (χ2v) is 3.44. The number of carboxylic acids is 1. The van der Waals surface area contributed by atoms with Gasteiger partial charge in [-0.25, -0.2) is 4.79 Å². The Morgan fingerprint density at radius 2 is 2.00 bits per heavy atom. The Morgan fingerprint density at radius 3 is 2.56 bits per heavy atom. The Bertz CT molecular complexity index is 597. The summed E-state index contributed by atoms with van der Waals surface area (Å²) >= 11 is 0. The predicted molar refractivity (Wildman–Crippen MR) is 56.9 cm³/mol. The van der Waals surface area contributed by atoms with Gasteiger partial charge in [-0.2, -0.15) is 0 Å². The van der Waals surface area contributed by atoms with E-state index in [2.05, 4.69) is 0 Å². The highest BCUT2D eigenvalue weighted by molar-refractivity contribution is 5.99. The van der Waals surface area contributed by atoms with Crippen molar-refractivity contribution in [2.45, 2.75) is 6.92 Å². The molecule has 0 saturated heterocycles. The summed E-state index contributed by atoms with van der Waals surface area (Å²) in [5.74, 6) is -1.40. The van der Waals surface area contributed by atoms with Crippen molar-refractivity contribution in [2.75, 3.05) is 0 Å². The summed E-state index contributed by atoms with van der Waals surface area (Å²) in [5, 5.41) is 18.8. The summed E-state index contributed by atoms with van der Waals surface area (Å²) in [4.78, 5) is 22.0. The SMILES string of the molecule is CC(=O)n1cc(O)c2ccc(C(=O)O)cc21. The molecule has 0 radical (unpaired) electrons. The number of carbonyl (C=O) groups is 2.